The lowest BCUT2D eigenvalue weighted by Gasteiger charge is -1.91. The Labute approximate surface area is 102 Å². The number of nitrogens with zero attached hydrogens (tertiary/aromatic N) is 2. The normalized spacial score (nSPS) is 10.7. The molecular weight excluding hydrogens is 232 g/mol. The second-order valence-electron chi connectivity index (χ2n) is 3.70. The molecule has 1 N–H and O–H groups in total. The Balaban J connectivity index is 2.23. The van der Waals surface area contributed by atoms with Crippen LogP contribution in [0.4, 0.5) is 0 Å². The van der Waals surface area contributed by atoms with E-state index in [9.17, 15) is 4.79 Å². The average Bonchev–Trinajstić information content (AvgIpc) is 2.83. The molecule has 2 heterocycles. The van der Waals surface area contributed by atoms with Gasteiger partial charge in [-0.1, -0.05) is 18.2 Å². The van der Waals surface area contributed by atoms with Gasteiger partial charge in [-0.15, -0.1) is 0 Å². The van der Waals surface area contributed by atoms with Crippen LogP contribution in [-0.4, -0.2) is 21.0 Å². The number of oxazole rings is 1. The van der Waals surface area contributed by atoms with Gasteiger partial charge in [0.25, 0.3) is 0 Å². The summed E-state index contributed by atoms with van der Waals surface area (Å²) in [5, 5.41) is 9.05. The van der Waals surface area contributed by atoms with E-state index in [1.54, 1.807) is 0 Å². The second-order valence-corrected chi connectivity index (χ2v) is 3.70. The molecule has 0 amide bonds. The van der Waals surface area contributed by atoms with Gasteiger partial charge in [0, 0.05) is 11.8 Å². The number of aromatic carboxylic acids is 1. The molecule has 0 atom stereocenters. The lowest BCUT2D eigenvalue weighted by Crippen LogP contribution is -1.97. The molecule has 0 saturated carbocycles. The van der Waals surface area contributed by atoms with Crippen molar-refractivity contribution in [1.82, 2.24) is 9.97 Å². The Kier molecular flexibility index (Phi) is 2.30. The summed E-state index contributed by atoms with van der Waals surface area (Å²) in [4.78, 5) is 19.2. The van der Waals surface area contributed by atoms with Gasteiger partial charge >= 0.3 is 5.97 Å². The third-order valence-electron chi connectivity index (χ3n) is 2.55. The largest absolute Gasteiger partial charge is 0.478 e. The van der Waals surface area contributed by atoms with Crippen molar-refractivity contribution in [2.75, 3.05) is 0 Å². The Morgan fingerprint density at radius 1 is 1.17 bits per heavy atom. The molecule has 18 heavy (non-hydrogen) atoms. The van der Waals surface area contributed by atoms with Crippen LogP contribution in [0.2, 0.25) is 0 Å². The van der Waals surface area contributed by atoms with Gasteiger partial charge in [0.15, 0.2) is 0 Å². The number of aromatic nitrogens is 2. The Bertz CT molecular complexity index is 719. The van der Waals surface area contributed by atoms with Crippen molar-refractivity contribution < 1.29 is 14.3 Å². The van der Waals surface area contributed by atoms with Crippen molar-refractivity contribution >= 4 is 17.2 Å². The van der Waals surface area contributed by atoms with E-state index in [1.807, 2.05) is 30.3 Å². The molecule has 0 radical (unpaired) electrons. The van der Waals surface area contributed by atoms with Crippen molar-refractivity contribution in [2.45, 2.75) is 0 Å². The molecule has 0 aliphatic rings. The summed E-state index contributed by atoms with van der Waals surface area (Å²) in [5.41, 5.74) is 1.37. The lowest BCUT2D eigenvalue weighted by atomic mass is 10.2. The van der Waals surface area contributed by atoms with Gasteiger partial charge in [-0.3, -0.25) is 0 Å². The SMILES string of the molecule is O=C(O)c1ccnc2oc(-c3ccccc3)nc12. The van der Waals surface area contributed by atoms with Crippen LogP contribution in [0.5, 0.6) is 0 Å². The highest BCUT2D eigenvalue weighted by molar-refractivity contribution is 5.99. The van der Waals surface area contributed by atoms with Crippen LogP contribution in [0.3, 0.4) is 0 Å². The van der Waals surface area contributed by atoms with Crippen LogP contribution in [-0.2, 0) is 0 Å². The fourth-order valence-corrected chi connectivity index (χ4v) is 1.71. The van der Waals surface area contributed by atoms with Crippen LogP contribution in [0.15, 0.2) is 47.0 Å². The first-order valence-electron chi connectivity index (χ1n) is 5.30. The highest BCUT2D eigenvalue weighted by atomic mass is 16.4. The van der Waals surface area contributed by atoms with Crippen molar-refractivity contribution in [3.8, 4) is 11.5 Å². The van der Waals surface area contributed by atoms with Gasteiger partial charge in [-0.2, -0.15) is 0 Å². The molecule has 5 nitrogen and oxygen atoms in total. The predicted octanol–water partition coefficient (Wildman–Crippen LogP) is 2.59. The molecule has 3 rings (SSSR count). The molecule has 0 fully saturated rings. The molecule has 0 aliphatic heterocycles. The number of hydrogen-bond donors (Lipinski definition) is 1. The molecular formula is C13H8N2O3. The molecule has 2 aromatic heterocycles. The zero-order valence-corrected chi connectivity index (χ0v) is 9.20. The Morgan fingerprint density at radius 3 is 2.67 bits per heavy atom. The van der Waals surface area contributed by atoms with Crippen molar-refractivity contribution in [1.29, 1.82) is 0 Å². The maximum Gasteiger partial charge on any atom is 0.338 e. The maximum atomic E-state index is 11.1. The van der Waals surface area contributed by atoms with E-state index in [-0.39, 0.29) is 16.8 Å². The van der Waals surface area contributed by atoms with Crippen LogP contribution in [0, 0.1) is 0 Å². The number of rotatable bonds is 2. The van der Waals surface area contributed by atoms with Gasteiger partial charge in [-0.05, 0) is 18.2 Å². The van der Waals surface area contributed by atoms with E-state index < -0.39 is 5.97 Å². The third kappa shape index (κ3) is 1.62. The zero-order chi connectivity index (χ0) is 12.5. The van der Waals surface area contributed by atoms with Gasteiger partial charge in [0.2, 0.25) is 11.6 Å². The molecule has 0 spiro atoms. The minimum absolute atomic E-state index is 0.0888. The third-order valence-corrected chi connectivity index (χ3v) is 2.55. The number of carboxylic acids is 1. The van der Waals surface area contributed by atoms with E-state index in [4.69, 9.17) is 9.52 Å². The monoisotopic (exact) mass is 240 g/mol. The predicted molar refractivity (Wildman–Crippen MR) is 64.2 cm³/mol. The highest BCUT2D eigenvalue weighted by Gasteiger charge is 2.15. The smallest absolute Gasteiger partial charge is 0.338 e. The molecule has 0 unspecified atom stereocenters. The molecule has 0 aliphatic carbocycles. The summed E-state index contributed by atoms with van der Waals surface area (Å²) >= 11 is 0. The molecule has 5 heteroatoms. The standard InChI is InChI=1S/C13H8N2O3/c16-13(17)9-6-7-14-12-10(9)15-11(18-12)8-4-2-1-3-5-8/h1-7H,(H,16,17). The first-order valence-corrected chi connectivity index (χ1v) is 5.30. The van der Waals surface area contributed by atoms with Gasteiger partial charge in [0.05, 0.1) is 5.56 Å². The minimum atomic E-state index is -1.05. The Morgan fingerprint density at radius 2 is 1.94 bits per heavy atom. The molecule has 3 aromatic rings. The van der Waals surface area contributed by atoms with E-state index in [2.05, 4.69) is 9.97 Å². The number of pyridine rings is 1. The van der Waals surface area contributed by atoms with E-state index in [0.29, 0.717) is 5.89 Å². The van der Waals surface area contributed by atoms with Crippen molar-refractivity contribution in [2.24, 2.45) is 0 Å². The maximum absolute atomic E-state index is 11.1. The van der Waals surface area contributed by atoms with Crippen molar-refractivity contribution in [3.05, 3.63) is 48.2 Å². The van der Waals surface area contributed by atoms with Gasteiger partial charge in [-0.25, -0.2) is 14.8 Å². The Hall–Kier alpha value is -2.69. The number of fused-ring (bicyclic) bond motifs is 1. The van der Waals surface area contributed by atoms with Gasteiger partial charge in [0.1, 0.15) is 5.52 Å². The minimum Gasteiger partial charge on any atom is -0.478 e. The summed E-state index contributed by atoms with van der Waals surface area (Å²) in [6.07, 6.45) is 1.39. The fourth-order valence-electron chi connectivity index (χ4n) is 1.71. The first kappa shape index (κ1) is 10.5. The van der Waals surface area contributed by atoms with Gasteiger partial charge < -0.3 is 9.52 Å². The molecule has 0 bridgehead atoms. The van der Waals surface area contributed by atoms with E-state index in [1.165, 1.54) is 12.3 Å². The lowest BCUT2D eigenvalue weighted by molar-refractivity contribution is 0.0698. The summed E-state index contributed by atoms with van der Waals surface area (Å²) in [5.74, 6) is -0.679. The molecule has 88 valence electrons. The molecule has 0 saturated heterocycles. The van der Waals surface area contributed by atoms with E-state index in [0.717, 1.165) is 5.56 Å². The van der Waals surface area contributed by atoms with E-state index >= 15 is 0 Å². The number of carboxylic acid groups (broad SMARTS) is 1. The topological polar surface area (TPSA) is 76.2 Å². The quantitative estimate of drug-likeness (QED) is 0.745. The zero-order valence-electron chi connectivity index (χ0n) is 9.20. The summed E-state index contributed by atoms with van der Waals surface area (Å²) in [6.45, 7) is 0. The van der Waals surface area contributed by atoms with Crippen molar-refractivity contribution in [3.63, 3.8) is 0 Å². The first-order chi connectivity index (χ1) is 8.75. The average molecular weight is 240 g/mol. The summed E-state index contributed by atoms with van der Waals surface area (Å²) in [7, 11) is 0. The summed E-state index contributed by atoms with van der Waals surface area (Å²) < 4.78 is 5.46. The highest BCUT2D eigenvalue weighted by Crippen LogP contribution is 2.24. The van der Waals surface area contributed by atoms with Crippen LogP contribution < -0.4 is 0 Å². The fraction of sp³-hybridized carbons (Fsp3) is 0. The second kappa shape index (κ2) is 3.96. The number of carbonyl (C=O) groups is 1. The number of hydrogen-bond acceptors (Lipinski definition) is 4. The number of benzene rings is 1. The molecule has 1 aromatic carbocycles. The van der Waals surface area contributed by atoms with Crippen LogP contribution in [0.25, 0.3) is 22.7 Å². The summed E-state index contributed by atoms with van der Waals surface area (Å²) in [6, 6.07) is 10.7. The van der Waals surface area contributed by atoms with Crippen LogP contribution >= 0.6 is 0 Å². The van der Waals surface area contributed by atoms with Crippen LogP contribution in [0.1, 0.15) is 10.4 Å².